The van der Waals surface area contributed by atoms with E-state index in [1.807, 2.05) is 19.1 Å². The minimum absolute atomic E-state index is 0.0283. The van der Waals surface area contributed by atoms with Crippen molar-refractivity contribution < 1.29 is 14.1 Å². The number of aromatic amines is 1. The number of carbonyl (C=O) groups excluding carboxylic acids is 1. The van der Waals surface area contributed by atoms with Gasteiger partial charge in [-0.1, -0.05) is 28.4 Å². The Labute approximate surface area is 186 Å². The number of rotatable bonds is 5. The number of anilines is 2. The number of halogens is 2. The van der Waals surface area contributed by atoms with Crippen LogP contribution < -0.4 is 21.1 Å². The van der Waals surface area contributed by atoms with Gasteiger partial charge in [0, 0.05) is 16.9 Å². The molecule has 1 aromatic heterocycles. The summed E-state index contributed by atoms with van der Waals surface area (Å²) in [5.41, 5.74) is 2.95. The standard InChI is InChI=1S/C21H18Cl2N4O4/c1-21-6-2-3-11-15(5-4-14(17(11)21)25-19(21)28)30-18-12(22)7-10(8-13(18)23)24-9-16-26-20(29)31-27-16/h4-5,7-8,24H,2-3,6,9H2,1H3,(H,25,28)(H,26,27,29). The number of aromatic nitrogens is 2. The van der Waals surface area contributed by atoms with Crippen LogP contribution in [0.25, 0.3) is 0 Å². The number of nitrogens with one attached hydrogen (secondary N) is 3. The topological polar surface area (TPSA) is 109 Å². The summed E-state index contributed by atoms with van der Waals surface area (Å²) in [7, 11) is 0. The van der Waals surface area contributed by atoms with Gasteiger partial charge in [0.1, 0.15) is 5.75 Å². The molecule has 2 aromatic carbocycles. The number of H-pyrrole nitrogens is 1. The zero-order chi connectivity index (χ0) is 21.8. The lowest BCUT2D eigenvalue weighted by atomic mass is 9.72. The Hall–Kier alpha value is -2.97. The predicted octanol–water partition coefficient (Wildman–Crippen LogP) is 4.62. The Bertz CT molecular complexity index is 1250. The highest BCUT2D eigenvalue weighted by Gasteiger charge is 2.46. The summed E-state index contributed by atoms with van der Waals surface area (Å²) >= 11 is 12.9. The maximum Gasteiger partial charge on any atom is 0.438 e. The van der Waals surface area contributed by atoms with Crippen LogP contribution >= 0.6 is 23.2 Å². The second-order valence-corrected chi connectivity index (χ2v) is 8.69. The molecule has 2 aliphatic rings. The Kier molecular flexibility index (Phi) is 4.71. The number of hydrogen-bond acceptors (Lipinski definition) is 6. The van der Waals surface area contributed by atoms with Crippen LogP contribution in [0.5, 0.6) is 11.5 Å². The summed E-state index contributed by atoms with van der Waals surface area (Å²) in [6, 6.07) is 7.05. The van der Waals surface area contributed by atoms with Crippen molar-refractivity contribution in [2.75, 3.05) is 10.6 Å². The van der Waals surface area contributed by atoms with E-state index >= 15 is 0 Å². The summed E-state index contributed by atoms with van der Waals surface area (Å²) in [5, 5.41) is 10.3. The number of amides is 1. The largest absolute Gasteiger partial charge is 0.454 e. The third-order valence-electron chi connectivity index (χ3n) is 5.83. The molecule has 31 heavy (non-hydrogen) atoms. The Morgan fingerprint density at radius 3 is 2.74 bits per heavy atom. The first-order valence-electron chi connectivity index (χ1n) is 9.78. The van der Waals surface area contributed by atoms with Gasteiger partial charge in [-0.3, -0.25) is 14.3 Å². The van der Waals surface area contributed by atoms with Gasteiger partial charge in [0.05, 0.1) is 22.0 Å². The van der Waals surface area contributed by atoms with E-state index in [1.54, 1.807) is 12.1 Å². The second kappa shape index (κ2) is 7.32. The fourth-order valence-electron chi connectivity index (χ4n) is 4.33. The number of carbonyl (C=O) groups is 1. The van der Waals surface area contributed by atoms with E-state index in [0.717, 1.165) is 36.1 Å². The molecule has 2 heterocycles. The van der Waals surface area contributed by atoms with E-state index in [2.05, 4.69) is 25.3 Å². The zero-order valence-corrected chi connectivity index (χ0v) is 18.0. The molecule has 10 heteroatoms. The van der Waals surface area contributed by atoms with Gasteiger partial charge in [0.25, 0.3) is 0 Å². The van der Waals surface area contributed by atoms with Gasteiger partial charge in [-0.15, -0.1) is 0 Å². The van der Waals surface area contributed by atoms with Crippen molar-refractivity contribution in [3.8, 4) is 11.5 Å². The first kappa shape index (κ1) is 20.0. The Balaban J connectivity index is 1.43. The van der Waals surface area contributed by atoms with E-state index in [9.17, 15) is 9.59 Å². The van der Waals surface area contributed by atoms with E-state index < -0.39 is 11.2 Å². The van der Waals surface area contributed by atoms with Crippen LogP contribution in [0, 0.1) is 0 Å². The molecule has 1 atom stereocenters. The minimum Gasteiger partial charge on any atom is -0.454 e. The van der Waals surface area contributed by atoms with Crippen molar-refractivity contribution in [1.29, 1.82) is 0 Å². The average Bonchev–Trinajstić information content (AvgIpc) is 3.26. The van der Waals surface area contributed by atoms with Crippen molar-refractivity contribution in [1.82, 2.24) is 10.1 Å². The number of benzene rings is 2. The van der Waals surface area contributed by atoms with Crippen molar-refractivity contribution in [2.24, 2.45) is 0 Å². The van der Waals surface area contributed by atoms with Crippen molar-refractivity contribution in [3.05, 3.63) is 61.8 Å². The van der Waals surface area contributed by atoms with Gasteiger partial charge in [0.15, 0.2) is 11.6 Å². The molecule has 0 radical (unpaired) electrons. The molecule has 1 aliphatic carbocycles. The average molecular weight is 461 g/mol. The van der Waals surface area contributed by atoms with E-state index in [4.69, 9.17) is 27.9 Å². The minimum atomic E-state index is -0.622. The fourth-order valence-corrected chi connectivity index (χ4v) is 4.89. The Morgan fingerprint density at radius 2 is 2.03 bits per heavy atom. The lowest BCUT2D eigenvalue weighted by Gasteiger charge is -2.30. The molecule has 3 aromatic rings. The molecular formula is C21H18Cl2N4O4. The lowest BCUT2D eigenvalue weighted by Crippen LogP contribution is -2.34. The second-order valence-electron chi connectivity index (χ2n) is 7.87. The molecule has 3 N–H and O–H groups in total. The molecule has 1 amide bonds. The summed E-state index contributed by atoms with van der Waals surface area (Å²) in [5.74, 6) is 0.736. The van der Waals surface area contributed by atoms with Crippen LogP contribution in [0.2, 0.25) is 10.0 Å². The summed E-state index contributed by atoms with van der Waals surface area (Å²) in [6.45, 7) is 2.20. The highest BCUT2D eigenvalue weighted by atomic mass is 35.5. The Morgan fingerprint density at radius 1 is 1.26 bits per heavy atom. The van der Waals surface area contributed by atoms with Crippen LogP contribution in [-0.4, -0.2) is 16.0 Å². The van der Waals surface area contributed by atoms with Gasteiger partial charge in [0.2, 0.25) is 5.91 Å². The number of ether oxygens (including phenoxy) is 1. The SMILES string of the molecule is CC12CCCc3c(Oc4c(Cl)cc(NCc5noc(=O)[nH]5)cc4Cl)ccc(c31)NC2=O. The third kappa shape index (κ3) is 3.36. The normalized spacial score (nSPS) is 19.1. The van der Waals surface area contributed by atoms with Crippen molar-refractivity contribution >= 4 is 40.5 Å². The fraction of sp³-hybridized carbons (Fsp3) is 0.286. The smallest absolute Gasteiger partial charge is 0.438 e. The first-order chi connectivity index (χ1) is 14.8. The lowest BCUT2D eigenvalue weighted by molar-refractivity contribution is -0.120. The molecule has 1 aliphatic heterocycles. The van der Waals surface area contributed by atoms with Crippen LogP contribution in [0.3, 0.4) is 0 Å². The van der Waals surface area contributed by atoms with E-state index in [1.165, 1.54) is 0 Å². The number of nitrogens with zero attached hydrogens (tertiary/aromatic N) is 1. The molecule has 160 valence electrons. The van der Waals surface area contributed by atoms with Gasteiger partial charge in [-0.25, -0.2) is 4.79 Å². The maximum atomic E-state index is 12.5. The molecule has 0 saturated heterocycles. The zero-order valence-electron chi connectivity index (χ0n) is 16.5. The summed E-state index contributed by atoms with van der Waals surface area (Å²) < 4.78 is 10.6. The molecule has 5 rings (SSSR count). The van der Waals surface area contributed by atoms with Crippen LogP contribution in [-0.2, 0) is 23.2 Å². The van der Waals surface area contributed by atoms with Gasteiger partial charge in [-0.2, -0.15) is 0 Å². The highest BCUT2D eigenvalue weighted by molar-refractivity contribution is 6.37. The van der Waals surface area contributed by atoms with Gasteiger partial charge < -0.3 is 15.4 Å². The predicted molar refractivity (Wildman–Crippen MR) is 116 cm³/mol. The van der Waals surface area contributed by atoms with Crippen LogP contribution in [0.15, 0.2) is 33.6 Å². The molecule has 0 fully saturated rings. The molecule has 0 spiro atoms. The van der Waals surface area contributed by atoms with Gasteiger partial charge >= 0.3 is 5.76 Å². The molecular weight excluding hydrogens is 443 g/mol. The maximum absolute atomic E-state index is 12.5. The summed E-state index contributed by atoms with van der Waals surface area (Å²) in [6.07, 6.45) is 2.51. The molecule has 0 saturated carbocycles. The summed E-state index contributed by atoms with van der Waals surface area (Å²) in [4.78, 5) is 26.0. The van der Waals surface area contributed by atoms with E-state index in [0.29, 0.717) is 33.1 Å². The third-order valence-corrected chi connectivity index (χ3v) is 6.39. The van der Waals surface area contributed by atoms with Crippen LogP contribution in [0.1, 0.15) is 36.7 Å². The van der Waals surface area contributed by atoms with Crippen molar-refractivity contribution in [3.63, 3.8) is 0 Å². The van der Waals surface area contributed by atoms with Crippen LogP contribution in [0.4, 0.5) is 11.4 Å². The highest BCUT2D eigenvalue weighted by Crippen LogP contribution is 2.50. The molecule has 1 unspecified atom stereocenters. The van der Waals surface area contributed by atoms with E-state index in [-0.39, 0.29) is 12.5 Å². The quantitative estimate of drug-likeness (QED) is 0.512. The van der Waals surface area contributed by atoms with Gasteiger partial charge in [-0.05, 0) is 56.0 Å². The van der Waals surface area contributed by atoms with Crippen molar-refractivity contribution in [2.45, 2.75) is 38.1 Å². The molecule has 0 bridgehead atoms. The monoisotopic (exact) mass is 460 g/mol. The number of hydrogen-bond donors (Lipinski definition) is 3. The molecule has 8 nitrogen and oxygen atoms in total. The first-order valence-corrected chi connectivity index (χ1v) is 10.5.